The maximum absolute atomic E-state index is 12.2. The first-order chi connectivity index (χ1) is 9.95. The zero-order valence-corrected chi connectivity index (χ0v) is 13.5. The summed E-state index contributed by atoms with van der Waals surface area (Å²) in [6.45, 7) is 4.35. The highest BCUT2D eigenvalue weighted by Gasteiger charge is 2.33. The first-order valence-corrected chi connectivity index (χ1v) is 8.72. The van der Waals surface area contributed by atoms with Gasteiger partial charge in [0.15, 0.2) is 0 Å². The van der Waals surface area contributed by atoms with Crippen molar-refractivity contribution in [3.8, 4) is 0 Å². The molecule has 2 rings (SSSR count). The van der Waals surface area contributed by atoms with Crippen molar-refractivity contribution >= 4 is 10.0 Å². The van der Waals surface area contributed by atoms with E-state index in [4.69, 9.17) is 9.15 Å². The molecule has 21 heavy (non-hydrogen) atoms. The molecular weight excluding hydrogens is 292 g/mol. The SMILES string of the molecule is COCCNCc1ccc(S(=O)(=O)NCC2(C)CCC2)o1. The number of nitrogens with one attached hydrogen (secondary N) is 2. The van der Waals surface area contributed by atoms with Crippen molar-refractivity contribution in [2.45, 2.75) is 37.8 Å². The van der Waals surface area contributed by atoms with Crippen LogP contribution in [0.25, 0.3) is 0 Å². The van der Waals surface area contributed by atoms with E-state index in [1.807, 2.05) is 0 Å². The Morgan fingerprint density at radius 3 is 2.76 bits per heavy atom. The van der Waals surface area contributed by atoms with E-state index in [0.29, 0.717) is 32.0 Å². The Morgan fingerprint density at radius 2 is 2.14 bits per heavy atom. The minimum Gasteiger partial charge on any atom is -0.447 e. The van der Waals surface area contributed by atoms with Crippen molar-refractivity contribution < 1.29 is 17.6 Å². The molecule has 1 saturated carbocycles. The molecule has 6 nitrogen and oxygen atoms in total. The van der Waals surface area contributed by atoms with Gasteiger partial charge < -0.3 is 14.5 Å². The molecule has 120 valence electrons. The third-order valence-electron chi connectivity index (χ3n) is 3.93. The Bertz CT molecular complexity index is 549. The van der Waals surface area contributed by atoms with Gasteiger partial charge in [0.05, 0.1) is 13.2 Å². The normalized spacial score (nSPS) is 17.6. The van der Waals surface area contributed by atoms with E-state index in [0.717, 1.165) is 12.8 Å². The lowest BCUT2D eigenvalue weighted by molar-refractivity contribution is 0.166. The van der Waals surface area contributed by atoms with Crippen LogP contribution in [0.15, 0.2) is 21.6 Å². The summed E-state index contributed by atoms with van der Waals surface area (Å²) in [7, 11) is -1.92. The molecule has 7 heteroatoms. The maximum Gasteiger partial charge on any atom is 0.273 e. The fourth-order valence-corrected chi connectivity index (χ4v) is 3.43. The summed E-state index contributed by atoms with van der Waals surface area (Å²) in [5.74, 6) is 0.598. The average molecular weight is 316 g/mol. The van der Waals surface area contributed by atoms with Gasteiger partial charge in [-0.15, -0.1) is 0 Å². The van der Waals surface area contributed by atoms with Crippen molar-refractivity contribution in [3.05, 3.63) is 17.9 Å². The number of hydrogen-bond acceptors (Lipinski definition) is 5. The molecule has 0 aliphatic heterocycles. The van der Waals surface area contributed by atoms with Crippen molar-refractivity contribution in [1.29, 1.82) is 0 Å². The molecule has 0 radical (unpaired) electrons. The van der Waals surface area contributed by atoms with E-state index >= 15 is 0 Å². The number of furan rings is 1. The van der Waals surface area contributed by atoms with E-state index in [9.17, 15) is 8.42 Å². The standard InChI is InChI=1S/C14H24N2O4S/c1-14(6-3-7-14)11-16-21(17,18)13-5-4-12(20-13)10-15-8-9-19-2/h4-5,15-16H,3,6-11H2,1-2H3. The van der Waals surface area contributed by atoms with E-state index in [2.05, 4.69) is 17.0 Å². The molecule has 1 aliphatic rings. The average Bonchev–Trinajstić information content (AvgIpc) is 2.89. The Morgan fingerprint density at radius 1 is 1.38 bits per heavy atom. The Kier molecular flexibility index (Phi) is 5.43. The van der Waals surface area contributed by atoms with Crippen LogP contribution in [-0.4, -0.2) is 35.2 Å². The van der Waals surface area contributed by atoms with Crippen molar-refractivity contribution in [2.24, 2.45) is 5.41 Å². The smallest absolute Gasteiger partial charge is 0.273 e. The minimum absolute atomic E-state index is 0.0195. The van der Waals surface area contributed by atoms with Gasteiger partial charge in [-0.2, -0.15) is 0 Å². The van der Waals surface area contributed by atoms with Crippen LogP contribution in [0.4, 0.5) is 0 Å². The molecule has 0 atom stereocenters. The van der Waals surface area contributed by atoms with Crippen LogP contribution in [0.5, 0.6) is 0 Å². The molecule has 0 unspecified atom stereocenters. The lowest BCUT2D eigenvalue weighted by atomic mass is 9.71. The second-order valence-corrected chi connectivity index (χ2v) is 7.58. The molecule has 0 bridgehead atoms. The molecule has 1 aromatic rings. The summed E-state index contributed by atoms with van der Waals surface area (Å²) in [4.78, 5) is 0. The van der Waals surface area contributed by atoms with E-state index in [1.165, 1.54) is 12.5 Å². The maximum atomic E-state index is 12.2. The first-order valence-electron chi connectivity index (χ1n) is 7.23. The van der Waals surface area contributed by atoms with Gasteiger partial charge in [0.1, 0.15) is 5.76 Å². The zero-order valence-electron chi connectivity index (χ0n) is 12.6. The third-order valence-corrected chi connectivity index (χ3v) is 5.21. The van der Waals surface area contributed by atoms with Gasteiger partial charge in [-0.3, -0.25) is 0 Å². The fraction of sp³-hybridized carbons (Fsp3) is 0.714. The molecule has 1 heterocycles. The topological polar surface area (TPSA) is 80.6 Å². The second kappa shape index (κ2) is 6.91. The first kappa shape index (κ1) is 16.5. The van der Waals surface area contributed by atoms with Crippen LogP contribution < -0.4 is 10.0 Å². The molecule has 1 aliphatic carbocycles. The summed E-state index contributed by atoms with van der Waals surface area (Å²) in [6, 6.07) is 3.18. The van der Waals surface area contributed by atoms with Gasteiger partial charge in [-0.05, 0) is 30.4 Å². The lowest BCUT2D eigenvalue weighted by Gasteiger charge is -2.38. The Balaban J connectivity index is 1.86. The van der Waals surface area contributed by atoms with Gasteiger partial charge >= 0.3 is 0 Å². The molecule has 1 aromatic heterocycles. The highest BCUT2D eigenvalue weighted by atomic mass is 32.2. The highest BCUT2D eigenvalue weighted by Crippen LogP contribution is 2.39. The summed E-state index contributed by atoms with van der Waals surface area (Å²) in [5, 5.41) is 3.09. The second-order valence-electron chi connectivity index (χ2n) is 5.88. The Labute approximate surface area is 126 Å². The van der Waals surface area contributed by atoms with E-state index in [1.54, 1.807) is 13.2 Å². The van der Waals surface area contributed by atoms with Crippen LogP contribution in [0.1, 0.15) is 31.9 Å². The number of sulfonamides is 1. The lowest BCUT2D eigenvalue weighted by Crippen LogP contribution is -2.39. The quantitative estimate of drug-likeness (QED) is 0.675. The van der Waals surface area contributed by atoms with Gasteiger partial charge in [-0.25, -0.2) is 13.1 Å². The predicted molar refractivity (Wildman–Crippen MR) is 79.4 cm³/mol. The van der Waals surface area contributed by atoms with Crippen molar-refractivity contribution in [2.75, 3.05) is 26.8 Å². The minimum atomic E-state index is -3.55. The van der Waals surface area contributed by atoms with Gasteiger partial charge in [0.25, 0.3) is 10.0 Å². The molecule has 0 aromatic carbocycles. The summed E-state index contributed by atoms with van der Waals surface area (Å²) >= 11 is 0. The van der Waals surface area contributed by atoms with Crippen molar-refractivity contribution in [1.82, 2.24) is 10.0 Å². The van der Waals surface area contributed by atoms with Gasteiger partial charge in [0, 0.05) is 20.2 Å². The molecule has 1 fully saturated rings. The summed E-state index contributed by atoms with van der Waals surface area (Å²) < 4.78 is 37.3. The largest absolute Gasteiger partial charge is 0.447 e. The summed E-state index contributed by atoms with van der Waals surface area (Å²) in [6.07, 6.45) is 3.32. The highest BCUT2D eigenvalue weighted by molar-refractivity contribution is 7.89. The number of rotatable bonds is 9. The molecule has 0 amide bonds. The van der Waals surface area contributed by atoms with Gasteiger partial charge in [-0.1, -0.05) is 13.3 Å². The molecule has 0 spiro atoms. The van der Waals surface area contributed by atoms with Gasteiger partial charge in [0.2, 0.25) is 5.09 Å². The van der Waals surface area contributed by atoms with Crippen LogP contribution in [0.2, 0.25) is 0 Å². The Hall–Kier alpha value is -0.890. The molecule has 0 saturated heterocycles. The van der Waals surface area contributed by atoms with E-state index < -0.39 is 10.0 Å². The number of ether oxygens (including phenoxy) is 1. The third kappa shape index (κ3) is 4.54. The van der Waals surface area contributed by atoms with Crippen molar-refractivity contribution in [3.63, 3.8) is 0 Å². The van der Waals surface area contributed by atoms with E-state index in [-0.39, 0.29) is 10.5 Å². The predicted octanol–water partition coefficient (Wildman–Crippen LogP) is 1.48. The summed E-state index contributed by atoms with van der Waals surface area (Å²) in [5.41, 5.74) is 0.101. The fourth-order valence-electron chi connectivity index (χ4n) is 2.28. The molecule has 2 N–H and O–H groups in total. The van der Waals surface area contributed by atoms with Crippen LogP contribution in [0, 0.1) is 5.41 Å². The van der Waals surface area contributed by atoms with Crippen LogP contribution in [0.3, 0.4) is 0 Å². The zero-order chi connectivity index (χ0) is 15.3. The monoisotopic (exact) mass is 316 g/mol. The van der Waals surface area contributed by atoms with Crippen LogP contribution in [-0.2, 0) is 21.3 Å². The number of methoxy groups -OCH3 is 1. The molecular formula is C14H24N2O4S. The van der Waals surface area contributed by atoms with Crippen LogP contribution >= 0.6 is 0 Å². The number of hydrogen-bond donors (Lipinski definition) is 2.